The zero-order chi connectivity index (χ0) is 15.4. The number of aryl methyl sites for hydroxylation is 1. The van der Waals surface area contributed by atoms with Crippen LogP contribution in [0.3, 0.4) is 0 Å². The molecule has 1 fully saturated rings. The van der Waals surface area contributed by atoms with Crippen LogP contribution in [0, 0.1) is 18.7 Å². The van der Waals surface area contributed by atoms with Gasteiger partial charge >= 0.3 is 0 Å². The molecule has 0 spiro atoms. The topological polar surface area (TPSA) is 52.6 Å². The minimum absolute atomic E-state index is 0.0796. The number of piperidine rings is 1. The Balaban J connectivity index is 1.89. The lowest BCUT2D eigenvalue weighted by molar-refractivity contribution is -0.126. The fraction of sp³-hybridized carbons (Fsp3) is 0.562. The highest BCUT2D eigenvalue weighted by molar-refractivity contribution is 5.78. The molecule has 1 aliphatic rings. The number of likely N-dealkylation sites (tertiary alicyclic amines) is 1. The minimum Gasteiger partial charge on any atom is -0.387 e. The summed E-state index contributed by atoms with van der Waals surface area (Å²) in [5.41, 5.74) is 1.53. The van der Waals surface area contributed by atoms with Gasteiger partial charge in [-0.1, -0.05) is 6.07 Å². The summed E-state index contributed by atoms with van der Waals surface area (Å²) in [5, 5.41) is 13.0. The molecular weight excluding hydrogens is 271 g/mol. The SMILES string of the molecule is CNC(=O)C1CCN(CC(O)c2ccc(F)cc2C)CC1. The quantitative estimate of drug-likeness (QED) is 0.887. The Morgan fingerprint density at radius 1 is 1.48 bits per heavy atom. The van der Waals surface area contributed by atoms with Gasteiger partial charge in [0.1, 0.15) is 5.82 Å². The number of amides is 1. The normalized spacial score (nSPS) is 18.5. The van der Waals surface area contributed by atoms with E-state index >= 15 is 0 Å². The van der Waals surface area contributed by atoms with Crippen LogP contribution in [0.4, 0.5) is 4.39 Å². The Bertz CT molecular complexity index is 499. The summed E-state index contributed by atoms with van der Waals surface area (Å²) in [6, 6.07) is 4.46. The number of hydrogen-bond donors (Lipinski definition) is 2. The van der Waals surface area contributed by atoms with E-state index in [1.165, 1.54) is 12.1 Å². The third-order valence-corrected chi connectivity index (χ3v) is 4.23. The molecule has 2 N–H and O–H groups in total. The van der Waals surface area contributed by atoms with E-state index in [4.69, 9.17) is 0 Å². The lowest BCUT2D eigenvalue weighted by atomic mass is 9.95. The first-order chi connectivity index (χ1) is 10.0. The molecule has 0 saturated carbocycles. The number of carbonyl (C=O) groups excluding carboxylic acids is 1. The maximum Gasteiger partial charge on any atom is 0.222 e. The molecule has 1 atom stereocenters. The number of rotatable bonds is 4. The standard InChI is InChI=1S/C16H23FN2O2/c1-11-9-13(17)3-4-14(11)15(20)10-19-7-5-12(6-8-19)16(21)18-2/h3-4,9,12,15,20H,5-8,10H2,1-2H3,(H,18,21). The molecule has 4 nitrogen and oxygen atoms in total. The monoisotopic (exact) mass is 294 g/mol. The number of β-amino-alcohol motifs (C(OH)–C–C–N with tert-alkyl or cyclic N) is 1. The van der Waals surface area contributed by atoms with Crippen molar-refractivity contribution >= 4 is 5.91 Å². The molecule has 0 aromatic heterocycles. The van der Waals surface area contributed by atoms with Gasteiger partial charge in [0.2, 0.25) is 5.91 Å². The van der Waals surface area contributed by atoms with E-state index in [0.29, 0.717) is 6.54 Å². The van der Waals surface area contributed by atoms with Crippen molar-refractivity contribution in [2.24, 2.45) is 5.92 Å². The second-order valence-electron chi connectivity index (χ2n) is 5.71. The number of benzene rings is 1. The van der Waals surface area contributed by atoms with Crippen LogP contribution in [0.2, 0.25) is 0 Å². The van der Waals surface area contributed by atoms with Crippen molar-refractivity contribution < 1.29 is 14.3 Å². The van der Waals surface area contributed by atoms with Gasteiger partial charge in [-0.3, -0.25) is 4.79 Å². The van der Waals surface area contributed by atoms with Crippen LogP contribution in [0.15, 0.2) is 18.2 Å². The highest BCUT2D eigenvalue weighted by Gasteiger charge is 2.25. The Kier molecular flexibility index (Phi) is 5.31. The van der Waals surface area contributed by atoms with Crippen molar-refractivity contribution in [1.29, 1.82) is 0 Å². The third kappa shape index (κ3) is 4.02. The Hall–Kier alpha value is -1.46. The van der Waals surface area contributed by atoms with E-state index < -0.39 is 6.10 Å². The van der Waals surface area contributed by atoms with E-state index in [0.717, 1.165) is 37.1 Å². The summed E-state index contributed by atoms with van der Waals surface area (Å²) in [7, 11) is 1.66. The summed E-state index contributed by atoms with van der Waals surface area (Å²) in [6.45, 7) is 3.93. The molecule has 1 aromatic carbocycles. The maximum absolute atomic E-state index is 13.1. The van der Waals surface area contributed by atoms with Crippen LogP contribution in [0.5, 0.6) is 0 Å². The number of aliphatic hydroxyl groups excluding tert-OH is 1. The first kappa shape index (κ1) is 15.9. The average Bonchev–Trinajstić information content (AvgIpc) is 2.47. The smallest absolute Gasteiger partial charge is 0.222 e. The second kappa shape index (κ2) is 7.00. The zero-order valence-electron chi connectivity index (χ0n) is 12.6. The van der Waals surface area contributed by atoms with Crippen LogP contribution in [-0.2, 0) is 4.79 Å². The molecule has 1 amide bonds. The first-order valence-electron chi connectivity index (χ1n) is 7.39. The predicted octanol–water partition coefficient (Wildman–Crippen LogP) is 1.63. The number of hydrogen-bond acceptors (Lipinski definition) is 3. The molecule has 21 heavy (non-hydrogen) atoms. The van der Waals surface area contributed by atoms with Crippen LogP contribution in [0.25, 0.3) is 0 Å². The van der Waals surface area contributed by atoms with E-state index in [2.05, 4.69) is 10.2 Å². The fourth-order valence-electron chi connectivity index (χ4n) is 2.94. The highest BCUT2D eigenvalue weighted by atomic mass is 19.1. The molecule has 1 aromatic rings. The molecule has 2 rings (SSSR count). The first-order valence-corrected chi connectivity index (χ1v) is 7.39. The fourth-order valence-corrected chi connectivity index (χ4v) is 2.94. The highest BCUT2D eigenvalue weighted by Crippen LogP contribution is 2.23. The van der Waals surface area contributed by atoms with Crippen LogP contribution in [0.1, 0.15) is 30.1 Å². The molecule has 1 heterocycles. The number of nitrogens with one attached hydrogen (secondary N) is 1. The van der Waals surface area contributed by atoms with Crippen LogP contribution < -0.4 is 5.32 Å². The third-order valence-electron chi connectivity index (χ3n) is 4.23. The van der Waals surface area contributed by atoms with E-state index in [1.54, 1.807) is 20.0 Å². The molecule has 116 valence electrons. The number of carbonyl (C=O) groups is 1. The summed E-state index contributed by atoms with van der Waals surface area (Å²) < 4.78 is 13.1. The molecule has 0 bridgehead atoms. The van der Waals surface area contributed by atoms with E-state index in [1.807, 2.05) is 0 Å². The summed E-state index contributed by atoms with van der Waals surface area (Å²) in [6.07, 6.45) is 1.01. The van der Waals surface area contributed by atoms with Gasteiger partial charge in [0, 0.05) is 19.5 Å². The van der Waals surface area contributed by atoms with Crippen molar-refractivity contribution in [2.75, 3.05) is 26.7 Å². The van der Waals surface area contributed by atoms with E-state index in [-0.39, 0.29) is 17.6 Å². The van der Waals surface area contributed by atoms with Gasteiger partial charge in [-0.15, -0.1) is 0 Å². The van der Waals surface area contributed by atoms with Gasteiger partial charge in [-0.2, -0.15) is 0 Å². The van der Waals surface area contributed by atoms with Gasteiger partial charge in [0.25, 0.3) is 0 Å². The molecule has 1 aliphatic heterocycles. The molecular formula is C16H23FN2O2. The van der Waals surface area contributed by atoms with Gasteiger partial charge in [-0.25, -0.2) is 4.39 Å². The minimum atomic E-state index is -0.623. The summed E-state index contributed by atoms with van der Waals surface area (Å²) >= 11 is 0. The summed E-state index contributed by atoms with van der Waals surface area (Å²) in [5.74, 6) is -0.102. The van der Waals surface area contributed by atoms with Gasteiger partial charge in [0.15, 0.2) is 0 Å². The van der Waals surface area contributed by atoms with Crippen molar-refractivity contribution in [3.05, 3.63) is 35.1 Å². The average molecular weight is 294 g/mol. The molecule has 0 radical (unpaired) electrons. The molecule has 1 unspecified atom stereocenters. The van der Waals surface area contributed by atoms with Crippen molar-refractivity contribution in [3.63, 3.8) is 0 Å². The lowest BCUT2D eigenvalue weighted by Gasteiger charge is -2.32. The van der Waals surface area contributed by atoms with Crippen LogP contribution in [-0.4, -0.2) is 42.6 Å². The Labute approximate surface area is 125 Å². The van der Waals surface area contributed by atoms with Crippen LogP contribution >= 0.6 is 0 Å². The maximum atomic E-state index is 13.1. The van der Waals surface area contributed by atoms with Gasteiger partial charge in [0.05, 0.1) is 6.10 Å². The molecule has 0 aliphatic carbocycles. The van der Waals surface area contributed by atoms with E-state index in [9.17, 15) is 14.3 Å². The number of aliphatic hydroxyl groups is 1. The zero-order valence-corrected chi connectivity index (χ0v) is 12.6. The predicted molar refractivity (Wildman–Crippen MR) is 79.3 cm³/mol. The molecule has 5 heteroatoms. The molecule has 1 saturated heterocycles. The summed E-state index contributed by atoms with van der Waals surface area (Å²) in [4.78, 5) is 13.7. The largest absolute Gasteiger partial charge is 0.387 e. The van der Waals surface area contributed by atoms with Crippen molar-refractivity contribution in [1.82, 2.24) is 10.2 Å². The van der Waals surface area contributed by atoms with Gasteiger partial charge in [-0.05, 0) is 56.1 Å². The number of nitrogens with zero attached hydrogens (tertiary/aromatic N) is 1. The Morgan fingerprint density at radius 2 is 2.14 bits per heavy atom. The van der Waals surface area contributed by atoms with Crippen molar-refractivity contribution in [3.8, 4) is 0 Å². The van der Waals surface area contributed by atoms with Crippen molar-refractivity contribution in [2.45, 2.75) is 25.9 Å². The van der Waals surface area contributed by atoms with Gasteiger partial charge < -0.3 is 15.3 Å². The Morgan fingerprint density at radius 3 is 2.71 bits per heavy atom. The number of halogens is 1. The second-order valence-corrected chi connectivity index (χ2v) is 5.71. The lowest BCUT2D eigenvalue weighted by Crippen LogP contribution is -2.41.